The predicted octanol–water partition coefficient (Wildman–Crippen LogP) is 2.58. The molecule has 1 heterocycles. The van der Waals surface area contributed by atoms with Gasteiger partial charge in [-0.2, -0.15) is 13.2 Å². The highest BCUT2D eigenvalue weighted by atomic mass is 79.9. The summed E-state index contributed by atoms with van der Waals surface area (Å²) >= 11 is 3.00. The Hall–Kier alpha value is -0.780. The molecule has 2 nitrogen and oxygen atoms in total. The van der Waals surface area contributed by atoms with E-state index in [4.69, 9.17) is 5.73 Å². The van der Waals surface area contributed by atoms with E-state index in [9.17, 15) is 13.2 Å². The van der Waals surface area contributed by atoms with Crippen molar-refractivity contribution in [1.82, 2.24) is 4.98 Å². The second-order valence-electron chi connectivity index (χ2n) is 2.36. The van der Waals surface area contributed by atoms with E-state index in [1.807, 2.05) is 0 Å². The minimum absolute atomic E-state index is 0.204. The molecule has 2 N–H and O–H groups in total. The Labute approximate surface area is 81.1 Å². The summed E-state index contributed by atoms with van der Waals surface area (Å²) in [5.74, 6) is 0. The number of rotatable bonds is 1. The van der Waals surface area contributed by atoms with Gasteiger partial charge in [0.25, 0.3) is 0 Å². The first-order valence-corrected chi connectivity index (χ1v) is 4.46. The zero-order chi connectivity index (χ0) is 10.1. The van der Waals surface area contributed by atoms with Gasteiger partial charge in [0.05, 0.1) is 11.4 Å². The Kier molecular flexibility index (Phi) is 2.80. The van der Waals surface area contributed by atoms with E-state index in [0.29, 0.717) is 0 Å². The number of halogens is 4. The summed E-state index contributed by atoms with van der Waals surface area (Å²) in [5, 5.41) is 0.211. The van der Waals surface area contributed by atoms with Crippen LogP contribution in [0.15, 0.2) is 12.1 Å². The monoisotopic (exact) mass is 254 g/mol. The molecule has 13 heavy (non-hydrogen) atoms. The molecule has 0 bridgehead atoms. The number of nitrogens with zero attached hydrogens (tertiary/aromatic N) is 1. The molecule has 0 saturated carbocycles. The van der Waals surface area contributed by atoms with E-state index in [1.165, 1.54) is 6.07 Å². The van der Waals surface area contributed by atoms with Gasteiger partial charge < -0.3 is 5.73 Å². The highest BCUT2D eigenvalue weighted by molar-refractivity contribution is 9.08. The molecule has 0 radical (unpaired) electrons. The number of hydrogen-bond donors (Lipinski definition) is 1. The predicted molar refractivity (Wildman–Crippen MR) is 46.3 cm³/mol. The van der Waals surface area contributed by atoms with Crippen molar-refractivity contribution in [2.75, 3.05) is 5.73 Å². The van der Waals surface area contributed by atoms with E-state index in [-0.39, 0.29) is 16.7 Å². The minimum atomic E-state index is -4.41. The van der Waals surface area contributed by atoms with E-state index < -0.39 is 11.9 Å². The topological polar surface area (TPSA) is 38.9 Å². The third-order valence-corrected chi connectivity index (χ3v) is 1.96. The number of aromatic nitrogens is 1. The lowest BCUT2D eigenvalue weighted by atomic mass is 10.2. The van der Waals surface area contributed by atoms with Gasteiger partial charge in [0.2, 0.25) is 0 Å². The summed E-state index contributed by atoms with van der Waals surface area (Å²) < 4.78 is 36.4. The van der Waals surface area contributed by atoms with Crippen LogP contribution in [0.5, 0.6) is 0 Å². The normalized spacial score (nSPS) is 11.7. The molecular weight excluding hydrogens is 249 g/mol. The summed E-state index contributed by atoms with van der Waals surface area (Å²) in [6.07, 6.45) is -4.41. The highest BCUT2D eigenvalue weighted by Gasteiger charge is 2.32. The van der Waals surface area contributed by atoms with Crippen molar-refractivity contribution in [3.05, 3.63) is 23.5 Å². The molecule has 0 aliphatic heterocycles. The molecule has 0 aliphatic carbocycles. The lowest BCUT2D eigenvalue weighted by molar-refractivity contribution is -0.141. The summed E-state index contributed by atoms with van der Waals surface area (Å²) in [4.78, 5) is 3.37. The molecule has 0 fully saturated rings. The summed E-state index contributed by atoms with van der Waals surface area (Å²) in [7, 11) is 0. The molecule has 72 valence electrons. The van der Waals surface area contributed by atoms with E-state index in [2.05, 4.69) is 20.9 Å². The molecule has 1 rings (SSSR count). The first kappa shape index (κ1) is 10.3. The van der Waals surface area contributed by atoms with Gasteiger partial charge in [0, 0.05) is 5.33 Å². The smallest absolute Gasteiger partial charge is 0.397 e. The van der Waals surface area contributed by atoms with Crippen LogP contribution in [-0.4, -0.2) is 4.98 Å². The quantitative estimate of drug-likeness (QED) is 0.783. The standard InChI is InChI=1S/C7H6BrF3N2/c8-3-5-4(12)1-2-6(13-5)7(9,10)11/h1-2H,3,12H2. The maximum atomic E-state index is 12.1. The molecule has 0 aromatic carbocycles. The largest absolute Gasteiger partial charge is 0.433 e. The van der Waals surface area contributed by atoms with Crippen LogP contribution in [0.4, 0.5) is 18.9 Å². The van der Waals surface area contributed by atoms with E-state index in [1.54, 1.807) is 0 Å². The first-order chi connectivity index (χ1) is 5.95. The van der Waals surface area contributed by atoms with Crippen molar-refractivity contribution < 1.29 is 13.2 Å². The second-order valence-corrected chi connectivity index (χ2v) is 2.92. The number of anilines is 1. The zero-order valence-electron chi connectivity index (χ0n) is 6.40. The highest BCUT2D eigenvalue weighted by Crippen LogP contribution is 2.29. The van der Waals surface area contributed by atoms with Gasteiger partial charge in [-0.3, -0.25) is 0 Å². The summed E-state index contributed by atoms with van der Waals surface area (Å²) in [6, 6.07) is 2.06. The first-order valence-electron chi connectivity index (χ1n) is 3.33. The van der Waals surface area contributed by atoms with Crippen molar-refractivity contribution >= 4 is 21.6 Å². The number of pyridine rings is 1. The second kappa shape index (κ2) is 3.53. The SMILES string of the molecule is Nc1ccc(C(F)(F)F)nc1CBr. The van der Waals surface area contributed by atoms with Gasteiger partial charge >= 0.3 is 6.18 Å². The van der Waals surface area contributed by atoms with Gasteiger partial charge in [-0.25, -0.2) is 4.98 Å². The van der Waals surface area contributed by atoms with Crippen LogP contribution >= 0.6 is 15.9 Å². The molecule has 0 aliphatic rings. The van der Waals surface area contributed by atoms with E-state index in [0.717, 1.165) is 6.07 Å². The van der Waals surface area contributed by atoms with Gasteiger partial charge in [0.1, 0.15) is 5.69 Å². The van der Waals surface area contributed by atoms with Crippen molar-refractivity contribution in [3.8, 4) is 0 Å². The fourth-order valence-corrected chi connectivity index (χ4v) is 1.23. The third kappa shape index (κ3) is 2.33. The summed E-state index contributed by atoms with van der Waals surface area (Å²) in [5.41, 5.74) is 4.92. The van der Waals surface area contributed by atoms with E-state index >= 15 is 0 Å². The van der Waals surface area contributed by atoms with Gasteiger partial charge in [-0.05, 0) is 12.1 Å². The molecule has 0 unspecified atom stereocenters. The maximum Gasteiger partial charge on any atom is 0.433 e. The van der Waals surface area contributed by atoms with Gasteiger partial charge in [0.15, 0.2) is 0 Å². The van der Waals surface area contributed by atoms with Crippen molar-refractivity contribution in [2.45, 2.75) is 11.5 Å². The Balaban J connectivity index is 3.14. The average molecular weight is 255 g/mol. The molecule has 6 heteroatoms. The Morgan fingerprint density at radius 2 is 2.00 bits per heavy atom. The van der Waals surface area contributed by atoms with Crippen LogP contribution < -0.4 is 5.73 Å². The van der Waals surface area contributed by atoms with Crippen LogP contribution in [0, 0.1) is 0 Å². The van der Waals surface area contributed by atoms with Crippen molar-refractivity contribution in [3.63, 3.8) is 0 Å². The molecule has 0 spiro atoms. The van der Waals surface area contributed by atoms with Crippen LogP contribution in [0.2, 0.25) is 0 Å². The van der Waals surface area contributed by atoms with Crippen LogP contribution in [0.25, 0.3) is 0 Å². The van der Waals surface area contributed by atoms with Crippen molar-refractivity contribution in [1.29, 1.82) is 0 Å². The minimum Gasteiger partial charge on any atom is -0.397 e. The van der Waals surface area contributed by atoms with Crippen LogP contribution in [0.3, 0.4) is 0 Å². The Morgan fingerprint density at radius 3 is 2.46 bits per heavy atom. The Morgan fingerprint density at radius 1 is 1.38 bits per heavy atom. The molecule has 1 aromatic heterocycles. The van der Waals surface area contributed by atoms with Gasteiger partial charge in [-0.1, -0.05) is 15.9 Å². The zero-order valence-corrected chi connectivity index (χ0v) is 7.98. The van der Waals surface area contributed by atoms with Crippen molar-refractivity contribution in [2.24, 2.45) is 0 Å². The molecule has 0 saturated heterocycles. The maximum absolute atomic E-state index is 12.1. The van der Waals surface area contributed by atoms with Crippen LogP contribution in [0.1, 0.15) is 11.4 Å². The Bertz CT molecular complexity index is 311. The molecule has 0 amide bonds. The molecule has 0 atom stereocenters. The molecular formula is C7H6BrF3N2. The fraction of sp³-hybridized carbons (Fsp3) is 0.286. The van der Waals surface area contributed by atoms with Crippen LogP contribution in [-0.2, 0) is 11.5 Å². The van der Waals surface area contributed by atoms with Gasteiger partial charge in [-0.15, -0.1) is 0 Å². The number of alkyl halides is 4. The fourth-order valence-electron chi connectivity index (χ4n) is 0.777. The third-order valence-electron chi connectivity index (χ3n) is 1.43. The number of nitrogen functional groups attached to an aromatic ring is 1. The summed E-state index contributed by atoms with van der Waals surface area (Å²) in [6.45, 7) is 0. The lowest BCUT2D eigenvalue weighted by Crippen LogP contribution is -2.10. The number of hydrogen-bond acceptors (Lipinski definition) is 2. The number of nitrogens with two attached hydrogens (primary N) is 1. The average Bonchev–Trinajstić information content (AvgIpc) is 2.03. The molecule has 1 aromatic rings. The lowest BCUT2D eigenvalue weighted by Gasteiger charge is -2.07.